The van der Waals surface area contributed by atoms with Crippen LogP contribution in [0.4, 0.5) is 0 Å². The Bertz CT molecular complexity index is 230. The highest BCUT2D eigenvalue weighted by Gasteiger charge is 2.26. The molecule has 0 amide bonds. The zero-order valence-electron chi connectivity index (χ0n) is 10.8. The second-order valence-electron chi connectivity index (χ2n) is 6.00. The van der Waals surface area contributed by atoms with Crippen LogP contribution in [0.25, 0.3) is 0 Å². The van der Waals surface area contributed by atoms with Crippen LogP contribution in [0.5, 0.6) is 0 Å². The van der Waals surface area contributed by atoms with Crippen molar-refractivity contribution in [2.75, 3.05) is 6.54 Å². The SMILES string of the molecule is C=C(C)CC1CCCCCC1CNC1CC1. The summed E-state index contributed by atoms with van der Waals surface area (Å²) in [7, 11) is 0. The Hall–Kier alpha value is -0.300. The maximum absolute atomic E-state index is 4.10. The van der Waals surface area contributed by atoms with Crippen LogP contribution in [0.15, 0.2) is 12.2 Å². The van der Waals surface area contributed by atoms with Gasteiger partial charge in [-0.05, 0) is 57.4 Å². The van der Waals surface area contributed by atoms with Crippen LogP contribution < -0.4 is 5.32 Å². The third-order valence-electron chi connectivity index (χ3n) is 4.17. The number of nitrogens with one attached hydrogen (secondary N) is 1. The number of rotatable bonds is 5. The molecule has 1 heteroatoms. The van der Waals surface area contributed by atoms with Crippen molar-refractivity contribution in [1.29, 1.82) is 0 Å². The molecular formula is C15H27N. The molecule has 0 aliphatic heterocycles. The molecule has 0 bridgehead atoms. The summed E-state index contributed by atoms with van der Waals surface area (Å²) in [6, 6.07) is 0.869. The van der Waals surface area contributed by atoms with Crippen LogP contribution in [-0.4, -0.2) is 12.6 Å². The van der Waals surface area contributed by atoms with Gasteiger partial charge >= 0.3 is 0 Å². The summed E-state index contributed by atoms with van der Waals surface area (Å²) < 4.78 is 0. The number of allylic oxidation sites excluding steroid dienone is 1. The van der Waals surface area contributed by atoms with Crippen LogP contribution in [-0.2, 0) is 0 Å². The Morgan fingerprint density at radius 3 is 2.38 bits per heavy atom. The lowest BCUT2D eigenvalue weighted by Crippen LogP contribution is -2.29. The quantitative estimate of drug-likeness (QED) is 0.548. The van der Waals surface area contributed by atoms with Gasteiger partial charge in [0.2, 0.25) is 0 Å². The molecule has 0 radical (unpaired) electrons. The summed E-state index contributed by atoms with van der Waals surface area (Å²) in [5.41, 5.74) is 1.38. The van der Waals surface area contributed by atoms with E-state index in [2.05, 4.69) is 18.8 Å². The van der Waals surface area contributed by atoms with Crippen LogP contribution in [0.1, 0.15) is 58.3 Å². The second kappa shape index (κ2) is 5.86. The van der Waals surface area contributed by atoms with E-state index < -0.39 is 0 Å². The largest absolute Gasteiger partial charge is 0.314 e. The molecule has 0 aromatic rings. The van der Waals surface area contributed by atoms with E-state index in [1.807, 2.05) is 0 Å². The highest BCUT2D eigenvalue weighted by Crippen LogP contribution is 2.33. The van der Waals surface area contributed by atoms with Crippen molar-refractivity contribution in [3.63, 3.8) is 0 Å². The molecule has 92 valence electrons. The molecule has 1 nitrogen and oxygen atoms in total. The van der Waals surface area contributed by atoms with Gasteiger partial charge in [-0.3, -0.25) is 0 Å². The maximum Gasteiger partial charge on any atom is 0.00683 e. The van der Waals surface area contributed by atoms with Gasteiger partial charge in [0.05, 0.1) is 0 Å². The molecule has 0 aromatic heterocycles. The molecule has 2 fully saturated rings. The van der Waals surface area contributed by atoms with Gasteiger partial charge in [0, 0.05) is 6.04 Å². The summed E-state index contributed by atoms with van der Waals surface area (Å²) in [4.78, 5) is 0. The van der Waals surface area contributed by atoms with Crippen molar-refractivity contribution in [3.8, 4) is 0 Å². The summed E-state index contributed by atoms with van der Waals surface area (Å²) in [6.07, 6.45) is 11.3. The highest BCUT2D eigenvalue weighted by molar-refractivity contribution is 4.93. The fraction of sp³-hybridized carbons (Fsp3) is 0.867. The fourth-order valence-corrected chi connectivity index (χ4v) is 3.05. The molecule has 2 saturated carbocycles. The van der Waals surface area contributed by atoms with Crippen molar-refractivity contribution in [2.24, 2.45) is 11.8 Å². The van der Waals surface area contributed by atoms with Crippen LogP contribution >= 0.6 is 0 Å². The Balaban J connectivity index is 1.83. The molecule has 0 spiro atoms. The van der Waals surface area contributed by atoms with Crippen molar-refractivity contribution < 1.29 is 0 Å². The molecule has 0 heterocycles. The lowest BCUT2D eigenvalue weighted by molar-refractivity contribution is 0.297. The van der Waals surface area contributed by atoms with Crippen LogP contribution in [0, 0.1) is 11.8 Å². The predicted octanol–water partition coefficient (Wildman–Crippen LogP) is 3.90. The average molecular weight is 221 g/mol. The summed E-state index contributed by atoms with van der Waals surface area (Å²) in [5.74, 6) is 1.83. The van der Waals surface area contributed by atoms with Crippen molar-refractivity contribution in [2.45, 2.75) is 64.3 Å². The van der Waals surface area contributed by atoms with Crippen molar-refractivity contribution in [1.82, 2.24) is 5.32 Å². The van der Waals surface area contributed by atoms with Gasteiger partial charge in [0.15, 0.2) is 0 Å². The second-order valence-corrected chi connectivity index (χ2v) is 6.00. The van der Waals surface area contributed by atoms with Crippen LogP contribution in [0.3, 0.4) is 0 Å². The lowest BCUT2D eigenvalue weighted by Gasteiger charge is -2.25. The van der Waals surface area contributed by atoms with Gasteiger partial charge in [0.25, 0.3) is 0 Å². The van der Waals surface area contributed by atoms with E-state index >= 15 is 0 Å². The first-order valence-corrected chi connectivity index (χ1v) is 7.13. The first-order valence-electron chi connectivity index (χ1n) is 7.13. The van der Waals surface area contributed by atoms with Gasteiger partial charge in [-0.25, -0.2) is 0 Å². The van der Waals surface area contributed by atoms with Gasteiger partial charge in [-0.1, -0.05) is 24.8 Å². The van der Waals surface area contributed by atoms with Gasteiger partial charge in [-0.15, -0.1) is 6.58 Å². The molecule has 16 heavy (non-hydrogen) atoms. The molecule has 2 unspecified atom stereocenters. The molecule has 0 saturated heterocycles. The number of hydrogen-bond acceptors (Lipinski definition) is 1. The van der Waals surface area contributed by atoms with E-state index in [0.717, 1.165) is 17.9 Å². The molecule has 0 aromatic carbocycles. The molecule has 2 aliphatic carbocycles. The first kappa shape index (κ1) is 12.2. The Morgan fingerprint density at radius 1 is 1.06 bits per heavy atom. The average Bonchev–Trinajstić information content (AvgIpc) is 3.02. The Morgan fingerprint density at radius 2 is 1.75 bits per heavy atom. The topological polar surface area (TPSA) is 12.0 Å². The van der Waals surface area contributed by atoms with Crippen LogP contribution in [0.2, 0.25) is 0 Å². The van der Waals surface area contributed by atoms with Gasteiger partial charge in [0.1, 0.15) is 0 Å². The van der Waals surface area contributed by atoms with E-state index in [0.29, 0.717) is 0 Å². The van der Waals surface area contributed by atoms with Gasteiger partial charge in [-0.2, -0.15) is 0 Å². The smallest absolute Gasteiger partial charge is 0.00683 e. The molecule has 2 rings (SSSR count). The van der Waals surface area contributed by atoms with Crippen molar-refractivity contribution >= 4 is 0 Å². The maximum atomic E-state index is 4.10. The van der Waals surface area contributed by atoms with E-state index in [-0.39, 0.29) is 0 Å². The summed E-state index contributed by atoms with van der Waals surface area (Å²) >= 11 is 0. The normalized spacial score (nSPS) is 31.1. The summed E-state index contributed by atoms with van der Waals surface area (Å²) in [6.45, 7) is 7.56. The fourth-order valence-electron chi connectivity index (χ4n) is 3.05. The van der Waals surface area contributed by atoms with E-state index in [1.165, 1.54) is 63.5 Å². The Kier molecular flexibility index (Phi) is 4.45. The zero-order chi connectivity index (χ0) is 11.4. The minimum atomic E-state index is 0.869. The van der Waals surface area contributed by atoms with E-state index in [1.54, 1.807) is 0 Å². The molecule has 2 atom stereocenters. The number of hydrogen-bond donors (Lipinski definition) is 1. The molecule has 1 N–H and O–H groups in total. The van der Waals surface area contributed by atoms with Crippen molar-refractivity contribution in [3.05, 3.63) is 12.2 Å². The molecule has 2 aliphatic rings. The minimum Gasteiger partial charge on any atom is -0.314 e. The predicted molar refractivity (Wildman–Crippen MR) is 70.5 cm³/mol. The summed E-state index contributed by atoms with van der Waals surface area (Å²) in [5, 5.41) is 3.73. The minimum absolute atomic E-state index is 0.869. The van der Waals surface area contributed by atoms with Gasteiger partial charge < -0.3 is 5.32 Å². The third kappa shape index (κ3) is 3.93. The standard InChI is InChI=1S/C15H27N/c1-12(2)10-13-6-4-3-5-7-14(13)11-16-15-8-9-15/h13-16H,1,3-11H2,2H3. The van der Waals surface area contributed by atoms with E-state index in [9.17, 15) is 0 Å². The van der Waals surface area contributed by atoms with E-state index in [4.69, 9.17) is 0 Å². The monoisotopic (exact) mass is 221 g/mol. The zero-order valence-corrected chi connectivity index (χ0v) is 10.8. The first-order chi connectivity index (χ1) is 7.75. The lowest BCUT2D eigenvalue weighted by atomic mass is 9.83. The highest BCUT2D eigenvalue weighted by atomic mass is 14.9. The third-order valence-corrected chi connectivity index (χ3v) is 4.17. The molecular weight excluding hydrogens is 194 g/mol. The Labute approximate surface area is 101 Å².